The maximum absolute atomic E-state index is 5.98. The van der Waals surface area contributed by atoms with E-state index in [1.165, 1.54) is 12.0 Å². The van der Waals surface area contributed by atoms with E-state index in [1.54, 1.807) is 0 Å². The predicted molar refractivity (Wildman–Crippen MR) is 87.5 cm³/mol. The third kappa shape index (κ3) is 3.73. The first-order valence-electron chi connectivity index (χ1n) is 8.02. The number of ether oxygens (including phenoxy) is 2. The van der Waals surface area contributed by atoms with Crippen molar-refractivity contribution >= 4 is 0 Å². The van der Waals surface area contributed by atoms with E-state index in [0.717, 1.165) is 36.3 Å². The number of aryl methyl sites for hydroxylation is 1. The van der Waals surface area contributed by atoms with Crippen molar-refractivity contribution in [3.63, 3.8) is 0 Å². The largest absolute Gasteiger partial charge is 0.353 e. The molecule has 0 aliphatic carbocycles. The Kier molecular flexibility index (Phi) is 4.86. The molecule has 2 atom stereocenters. The zero-order valence-corrected chi connectivity index (χ0v) is 13.3. The molecule has 1 aromatic heterocycles. The molecule has 0 saturated carbocycles. The summed E-state index contributed by atoms with van der Waals surface area (Å²) >= 11 is 0. The minimum atomic E-state index is -0.0693. The molecule has 1 saturated heterocycles. The van der Waals surface area contributed by atoms with Gasteiger partial charge in [0.05, 0.1) is 11.8 Å². The van der Waals surface area contributed by atoms with Crippen LogP contribution in [0.2, 0.25) is 0 Å². The van der Waals surface area contributed by atoms with Crippen molar-refractivity contribution in [2.75, 3.05) is 6.61 Å². The second kappa shape index (κ2) is 7.03. The van der Waals surface area contributed by atoms with Crippen LogP contribution in [0.25, 0.3) is 11.3 Å². The number of hydrogen-bond donors (Lipinski definition) is 0. The van der Waals surface area contributed by atoms with Crippen LogP contribution in [0.5, 0.6) is 0 Å². The maximum atomic E-state index is 5.98. The summed E-state index contributed by atoms with van der Waals surface area (Å²) in [6, 6.07) is 12.6. The zero-order chi connectivity index (χ0) is 15.4. The summed E-state index contributed by atoms with van der Waals surface area (Å²) < 4.78 is 11.6. The highest BCUT2D eigenvalue weighted by molar-refractivity contribution is 5.59. The lowest BCUT2D eigenvalue weighted by Crippen LogP contribution is -2.23. The Morgan fingerprint density at radius 1 is 1.23 bits per heavy atom. The molecule has 1 aliphatic heterocycles. The van der Waals surface area contributed by atoms with Gasteiger partial charge in [-0.25, -0.2) is 0 Å². The van der Waals surface area contributed by atoms with Crippen LogP contribution < -0.4 is 0 Å². The summed E-state index contributed by atoms with van der Waals surface area (Å²) in [5.41, 5.74) is 4.48. The number of pyridine rings is 1. The molecule has 0 radical (unpaired) electrons. The first-order valence-corrected chi connectivity index (χ1v) is 8.02. The second-order valence-electron chi connectivity index (χ2n) is 5.92. The molecule has 3 heteroatoms. The van der Waals surface area contributed by atoms with Crippen molar-refractivity contribution in [1.82, 2.24) is 4.98 Å². The molecule has 0 amide bonds. The fourth-order valence-corrected chi connectivity index (χ4v) is 2.75. The van der Waals surface area contributed by atoms with Gasteiger partial charge in [-0.3, -0.25) is 4.98 Å². The van der Waals surface area contributed by atoms with Gasteiger partial charge in [-0.15, -0.1) is 0 Å². The van der Waals surface area contributed by atoms with Crippen molar-refractivity contribution in [3.8, 4) is 11.3 Å². The van der Waals surface area contributed by atoms with Gasteiger partial charge in [0.1, 0.15) is 0 Å². The summed E-state index contributed by atoms with van der Waals surface area (Å²) in [5.74, 6) is 0. The summed E-state index contributed by atoms with van der Waals surface area (Å²) in [6.07, 6.45) is 5.15. The summed E-state index contributed by atoms with van der Waals surface area (Å²) in [5, 5.41) is 0. The number of hydrogen-bond acceptors (Lipinski definition) is 3. The van der Waals surface area contributed by atoms with Gasteiger partial charge in [0, 0.05) is 18.4 Å². The molecular weight excluding hydrogens is 274 g/mol. The van der Waals surface area contributed by atoms with Crippen LogP contribution in [0.15, 0.2) is 42.6 Å². The van der Waals surface area contributed by atoms with Crippen molar-refractivity contribution < 1.29 is 9.47 Å². The average molecular weight is 297 g/mol. The Labute approximate surface area is 132 Å². The van der Waals surface area contributed by atoms with Crippen LogP contribution in [0.4, 0.5) is 0 Å². The number of nitrogens with zero attached hydrogens (tertiary/aromatic N) is 1. The maximum Gasteiger partial charge on any atom is 0.158 e. The van der Waals surface area contributed by atoms with Crippen LogP contribution in [0, 0.1) is 6.92 Å². The van der Waals surface area contributed by atoms with E-state index >= 15 is 0 Å². The topological polar surface area (TPSA) is 31.4 Å². The number of benzene rings is 1. The van der Waals surface area contributed by atoms with Gasteiger partial charge < -0.3 is 9.47 Å². The smallest absolute Gasteiger partial charge is 0.158 e. The minimum Gasteiger partial charge on any atom is -0.353 e. The van der Waals surface area contributed by atoms with Crippen LogP contribution in [-0.2, 0) is 9.47 Å². The summed E-state index contributed by atoms with van der Waals surface area (Å²) in [6.45, 7) is 4.96. The molecule has 1 fully saturated rings. The molecule has 2 aromatic rings. The molecule has 22 heavy (non-hydrogen) atoms. The highest BCUT2D eigenvalue weighted by atomic mass is 16.7. The van der Waals surface area contributed by atoms with Crippen LogP contribution in [0.1, 0.15) is 43.4 Å². The number of aromatic nitrogens is 1. The molecule has 3 rings (SSSR count). The van der Waals surface area contributed by atoms with Crippen molar-refractivity contribution in [2.45, 2.75) is 45.5 Å². The first kappa shape index (κ1) is 15.2. The van der Waals surface area contributed by atoms with E-state index in [4.69, 9.17) is 9.47 Å². The standard InChI is InChI=1S/C19H23NO2/c1-14-6-5-7-16(12-14)18-10-9-17(13-20-18)15(2)22-19-8-3-4-11-21-19/h5-7,9-10,12-13,15,19H,3-4,8,11H2,1-2H3. The van der Waals surface area contributed by atoms with E-state index in [0.29, 0.717) is 0 Å². The lowest BCUT2D eigenvalue weighted by molar-refractivity contribution is -0.186. The predicted octanol–water partition coefficient (Wildman–Crippen LogP) is 4.66. The highest BCUT2D eigenvalue weighted by Gasteiger charge is 2.18. The molecule has 3 nitrogen and oxygen atoms in total. The Morgan fingerprint density at radius 3 is 2.82 bits per heavy atom. The minimum absolute atomic E-state index is 0.00200. The van der Waals surface area contributed by atoms with Gasteiger partial charge >= 0.3 is 0 Å². The molecule has 0 spiro atoms. The molecule has 1 aliphatic rings. The Balaban J connectivity index is 1.68. The van der Waals surface area contributed by atoms with E-state index in [-0.39, 0.29) is 12.4 Å². The lowest BCUT2D eigenvalue weighted by Gasteiger charge is -2.26. The first-order chi connectivity index (χ1) is 10.7. The van der Waals surface area contributed by atoms with E-state index in [1.807, 2.05) is 6.20 Å². The SMILES string of the molecule is Cc1cccc(-c2ccc(C(C)OC3CCCCO3)cn2)c1. The van der Waals surface area contributed by atoms with Gasteiger partial charge in [-0.05, 0) is 50.8 Å². The van der Waals surface area contributed by atoms with Gasteiger partial charge in [0.25, 0.3) is 0 Å². The zero-order valence-electron chi connectivity index (χ0n) is 13.3. The van der Waals surface area contributed by atoms with E-state index in [2.05, 4.69) is 55.2 Å². The van der Waals surface area contributed by atoms with Gasteiger partial charge in [-0.2, -0.15) is 0 Å². The second-order valence-corrected chi connectivity index (χ2v) is 5.92. The fourth-order valence-electron chi connectivity index (χ4n) is 2.75. The van der Waals surface area contributed by atoms with Crippen LogP contribution in [0.3, 0.4) is 0 Å². The van der Waals surface area contributed by atoms with Gasteiger partial charge in [-0.1, -0.05) is 29.8 Å². The molecular formula is C19H23NO2. The number of rotatable bonds is 4. The average Bonchev–Trinajstić information content (AvgIpc) is 2.56. The quantitative estimate of drug-likeness (QED) is 0.822. The van der Waals surface area contributed by atoms with Crippen LogP contribution in [-0.4, -0.2) is 17.9 Å². The normalized spacial score (nSPS) is 19.8. The Bertz CT molecular complexity index is 603. The molecule has 2 unspecified atom stereocenters. The third-order valence-corrected chi connectivity index (χ3v) is 4.06. The highest BCUT2D eigenvalue weighted by Crippen LogP contribution is 2.25. The Hall–Kier alpha value is -1.71. The van der Waals surface area contributed by atoms with Gasteiger partial charge in [0.2, 0.25) is 0 Å². The van der Waals surface area contributed by atoms with Crippen molar-refractivity contribution in [3.05, 3.63) is 53.7 Å². The monoisotopic (exact) mass is 297 g/mol. The fraction of sp³-hybridized carbons (Fsp3) is 0.421. The summed E-state index contributed by atoms with van der Waals surface area (Å²) in [7, 11) is 0. The van der Waals surface area contributed by atoms with Crippen molar-refractivity contribution in [2.24, 2.45) is 0 Å². The van der Waals surface area contributed by atoms with Crippen molar-refractivity contribution in [1.29, 1.82) is 0 Å². The Morgan fingerprint density at radius 2 is 2.14 bits per heavy atom. The molecule has 0 N–H and O–H groups in total. The van der Waals surface area contributed by atoms with Crippen LogP contribution >= 0.6 is 0 Å². The molecule has 0 bridgehead atoms. The molecule has 2 heterocycles. The molecule has 116 valence electrons. The third-order valence-electron chi connectivity index (χ3n) is 4.06. The van der Waals surface area contributed by atoms with Gasteiger partial charge in [0.15, 0.2) is 6.29 Å². The van der Waals surface area contributed by atoms with E-state index < -0.39 is 0 Å². The lowest BCUT2D eigenvalue weighted by atomic mass is 10.1. The van der Waals surface area contributed by atoms with E-state index in [9.17, 15) is 0 Å². The molecule has 1 aromatic carbocycles. The summed E-state index contributed by atoms with van der Waals surface area (Å²) in [4.78, 5) is 4.58.